The molecule has 1 saturated heterocycles. The topological polar surface area (TPSA) is 84.7 Å². The van der Waals surface area contributed by atoms with E-state index >= 15 is 0 Å². The molecule has 1 aliphatic heterocycles. The fourth-order valence-corrected chi connectivity index (χ4v) is 2.76. The van der Waals surface area contributed by atoms with E-state index in [4.69, 9.17) is 10.5 Å². The van der Waals surface area contributed by atoms with Gasteiger partial charge in [0, 0.05) is 12.6 Å². The lowest BCUT2D eigenvalue weighted by Gasteiger charge is -2.39. The van der Waals surface area contributed by atoms with Crippen LogP contribution in [-0.4, -0.2) is 54.1 Å². The van der Waals surface area contributed by atoms with Gasteiger partial charge in [-0.2, -0.15) is 0 Å². The lowest BCUT2D eigenvalue weighted by Crippen LogP contribution is -2.63. The van der Waals surface area contributed by atoms with E-state index in [2.05, 4.69) is 5.32 Å². The largest absolute Gasteiger partial charge is 0.377 e. The second-order valence-corrected chi connectivity index (χ2v) is 6.43. The van der Waals surface area contributed by atoms with Gasteiger partial charge in [0.2, 0.25) is 11.8 Å². The van der Waals surface area contributed by atoms with Crippen LogP contribution >= 0.6 is 0 Å². The number of carbonyl (C=O) groups excluding carboxylic acids is 2. The van der Waals surface area contributed by atoms with Crippen molar-refractivity contribution in [1.29, 1.82) is 0 Å². The van der Waals surface area contributed by atoms with Crippen LogP contribution < -0.4 is 11.1 Å². The Morgan fingerprint density at radius 3 is 2.60 bits per heavy atom. The smallest absolute Gasteiger partial charge is 0.245 e. The Labute approximate surface area is 119 Å². The number of hydrogen-bond acceptors (Lipinski definition) is 4. The molecule has 2 unspecified atom stereocenters. The Hall–Kier alpha value is -1.14. The molecular formula is C14H23N3O3. The summed E-state index contributed by atoms with van der Waals surface area (Å²) in [6.07, 6.45) is 4.07. The predicted octanol–water partition coefficient (Wildman–Crippen LogP) is -0.380. The summed E-state index contributed by atoms with van der Waals surface area (Å²) >= 11 is 0. The fourth-order valence-electron chi connectivity index (χ4n) is 2.76. The Morgan fingerprint density at radius 1 is 1.30 bits per heavy atom. The molecule has 2 atom stereocenters. The SMILES string of the molecule is CC(N)(C(=O)N1CCOCC1C(=O)NC1CC1)C1CC1. The van der Waals surface area contributed by atoms with E-state index in [1.807, 2.05) is 0 Å². The van der Waals surface area contributed by atoms with Crippen LogP contribution in [0.2, 0.25) is 0 Å². The number of amides is 2. The second-order valence-electron chi connectivity index (χ2n) is 6.43. The quantitative estimate of drug-likeness (QED) is 0.735. The maximum atomic E-state index is 12.7. The zero-order chi connectivity index (χ0) is 14.3. The molecule has 2 amide bonds. The van der Waals surface area contributed by atoms with Gasteiger partial charge in [-0.15, -0.1) is 0 Å². The zero-order valence-corrected chi connectivity index (χ0v) is 11.9. The molecule has 0 aromatic heterocycles. The molecular weight excluding hydrogens is 258 g/mol. The normalized spacial score (nSPS) is 29.7. The average molecular weight is 281 g/mol. The Kier molecular flexibility index (Phi) is 3.46. The van der Waals surface area contributed by atoms with Crippen LogP contribution in [-0.2, 0) is 14.3 Å². The number of morpholine rings is 1. The van der Waals surface area contributed by atoms with Gasteiger partial charge in [-0.3, -0.25) is 9.59 Å². The van der Waals surface area contributed by atoms with E-state index in [1.165, 1.54) is 0 Å². The summed E-state index contributed by atoms with van der Waals surface area (Å²) in [5.41, 5.74) is 5.36. The van der Waals surface area contributed by atoms with Gasteiger partial charge in [0.1, 0.15) is 6.04 Å². The number of ether oxygens (including phenoxy) is 1. The number of hydrogen-bond donors (Lipinski definition) is 2. The molecule has 0 radical (unpaired) electrons. The van der Waals surface area contributed by atoms with Gasteiger partial charge in [0.05, 0.1) is 18.8 Å². The molecule has 3 N–H and O–H groups in total. The minimum Gasteiger partial charge on any atom is -0.377 e. The fraction of sp³-hybridized carbons (Fsp3) is 0.857. The minimum atomic E-state index is -0.852. The highest BCUT2D eigenvalue weighted by molar-refractivity contribution is 5.92. The van der Waals surface area contributed by atoms with E-state index in [9.17, 15) is 9.59 Å². The van der Waals surface area contributed by atoms with E-state index in [-0.39, 0.29) is 30.4 Å². The Balaban J connectivity index is 1.70. The van der Waals surface area contributed by atoms with E-state index < -0.39 is 11.6 Å². The summed E-state index contributed by atoms with van der Waals surface area (Å²) in [7, 11) is 0. The molecule has 6 heteroatoms. The van der Waals surface area contributed by atoms with Crippen molar-refractivity contribution in [2.75, 3.05) is 19.8 Å². The molecule has 20 heavy (non-hydrogen) atoms. The van der Waals surface area contributed by atoms with Gasteiger partial charge in [-0.05, 0) is 38.5 Å². The van der Waals surface area contributed by atoms with Crippen molar-refractivity contribution in [1.82, 2.24) is 10.2 Å². The van der Waals surface area contributed by atoms with E-state index in [0.29, 0.717) is 13.2 Å². The van der Waals surface area contributed by atoms with Gasteiger partial charge >= 0.3 is 0 Å². The predicted molar refractivity (Wildman–Crippen MR) is 72.8 cm³/mol. The molecule has 0 aromatic rings. The van der Waals surface area contributed by atoms with Crippen molar-refractivity contribution in [2.45, 2.75) is 50.2 Å². The number of nitrogens with one attached hydrogen (secondary N) is 1. The molecule has 0 bridgehead atoms. The van der Waals surface area contributed by atoms with Gasteiger partial charge in [0.25, 0.3) is 0 Å². The summed E-state index contributed by atoms with van der Waals surface area (Å²) in [5.74, 6) is 0.0383. The molecule has 3 aliphatic rings. The summed E-state index contributed by atoms with van der Waals surface area (Å²) in [6, 6.07) is -0.243. The molecule has 112 valence electrons. The van der Waals surface area contributed by atoms with Crippen LogP contribution in [0.3, 0.4) is 0 Å². The molecule has 6 nitrogen and oxygen atoms in total. The summed E-state index contributed by atoms with van der Waals surface area (Å²) < 4.78 is 5.38. The number of rotatable bonds is 4. The summed E-state index contributed by atoms with van der Waals surface area (Å²) in [5, 5.41) is 2.95. The van der Waals surface area contributed by atoms with E-state index in [1.54, 1.807) is 11.8 Å². The second kappa shape index (κ2) is 5.00. The summed E-state index contributed by atoms with van der Waals surface area (Å²) in [4.78, 5) is 26.6. The van der Waals surface area contributed by atoms with Crippen molar-refractivity contribution in [3.05, 3.63) is 0 Å². The number of nitrogens with two attached hydrogens (primary N) is 1. The molecule has 0 aromatic carbocycles. The van der Waals surface area contributed by atoms with Crippen LogP contribution in [0.4, 0.5) is 0 Å². The van der Waals surface area contributed by atoms with Crippen LogP contribution in [0.5, 0.6) is 0 Å². The third kappa shape index (κ3) is 2.67. The molecule has 1 heterocycles. The van der Waals surface area contributed by atoms with Crippen LogP contribution in [0.15, 0.2) is 0 Å². The van der Waals surface area contributed by atoms with Crippen LogP contribution in [0.25, 0.3) is 0 Å². The monoisotopic (exact) mass is 281 g/mol. The van der Waals surface area contributed by atoms with Gasteiger partial charge < -0.3 is 20.7 Å². The lowest BCUT2D eigenvalue weighted by atomic mass is 9.94. The highest BCUT2D eigenvalue weighted by atomic mass is 16.5. The molecule has 0 spiro atoms. The first-order valence-corrected chi connectivity index (χ1v) is 7.48. The van der Waals surface area contributed by atoms with Crippen molar-refractivity contribution in [3.63, 3.8) is 0 Å². The molecule has 2 saturated carbocycles. The van der Waals surface area contributed by atoms with Crippen molar-refractivity contribution in [2.24, 2.45) is 11.7 Å². The maximum absolute atomic E-state index is 12.7. The van der Waals surface area contributed by atoms with Crippen LogP contribution in [0, 0.1) is 5.92 Å². The highest BCUT2D eigenvalue weighted by Gasteiger charge is 2.48. The first-order valence-electron chi connectivity index (χ1n) is 7.48. The highest BCUT2D eigenvalue weighted by Crippen LogP contribution is 2.39. The van der Waals surface area contributed by atoms with Crippen LogP contribution in [0.1, 0.15) is 32.6 Å². The minimum absolute atomic E-state index is 0.104. The first kappa shape index (κ1) is 13.8. The van der Waals surface area contributed by atoms with Crippen molar-refractivity contribution >= 4 is 11.8 Å². The van der Waals surface area contributed by atoms with Gasteiger partial charge in [0.15, 0.2) is 0 Å². The third-order valence-corrected chi connectivity index (χ3v) is 4.50. The Morgan fingerprint density at radius 2 is 2.00 bits per heavy atom. The third-order valence-electron chi connectivity index (χ3n) is 4.50. The lowest BCUT2D eigenvalue weighted by molar-refractivity contribution is -0.152. The van der Waals surface area contributed by atoms with Gasteiger partial charge in [-0.25, -0.2) is 0 Å². The zero-order valence-electron chi connectivity index (χ0n) is 11.9. The maximum Gasteiger partial charge on any atom is 0.245 e. The summed E-state index contributed by atoms with van der Waals surface area (Å²) in [6.45, 7) is 2.98. The molecule has 2 aliphatic carbocycles. The Bertz CT molecular complexity index is 416. The molecule has 3 rings (SSSR count). The molecule has 3 fully saturated rings. The van der Waals surface area contributed by atoms with Crippen molar-refractivity contribution in [3.8, 4) is 0 Å². The number of carbonyl (C=O) groups is 2. The standard InChI is InChI=1S/C14H23N3O3/c1-14(15,9-2-3-9)13(19)17-6-7-20-8-11(17)12(18)16-10-4-5-10/h9-11H,2-8,15H2,1H3,(H,16,18). The first-order chi connectivity index (χ1) is 9.50. The van der Waals surface area contributed by atoms with E-state index in [0.717, 1.165) is 25.7 Å². The van der Waals surface area contributed by atoms with Gasteiger partial charge in [-0.1, -0.05) is 0 Å². The average Bonchev–Trinajstić information content (AvgIpc) is 3.28. The van der Waals surface area contributed by atoms with Crippen molar-refractivity contribution < 1.29 is 14.3 Å². The number of nitrogens with zero attached hydrogens (tertiary/aromatic N) is 1.